The molecule has 0 saturated heterocycles. The van der Waals surface area contributed by atoms with Crippen molar-refractivity contribution in [2.75, 3.05) is 49.9 Å². The maximum absolute atomic E-state index is 12.9. The van der Waals surface area contributed by atoms with Gasteiger partial charge in [0.2, 0.25) is 0 Å². The highest BCUT2D eigenvalue weighted by atomic mass is 32.2. The third-order valence-corrected chi connectivity index (χ3v) is 5.48. The molecule has 1 N–H and O–H groups in total. The van der Waals surface area contributed by atoms with Gasteiger partial charge in [-0.05, 0) is 36.4 Å². The second-order valence-electron chi connectivity index (χ2n) is 6.65. The first-order chi connectivity index (χ1) is 12.7. The topological polar surface area (TPSA) is 67.3 Å². The molecular formula is C19H22N4O3S. The molecule has 0 aliphatic carbocycles. The number of anilines is 4. The predicted octanol–water partition coefficient (Wildman–Crippen LogP) is 4.15. The van der Waals surface area contributed by atoms with Crippen LogP contribution >= 0.6 is 11.8 Å². The van der Waals surface area contributed by atoms with Crippen LogP contribution in [0.5, 0.6) is 0 Å². The molecule has 1 aliphatic rings. The highest BCUT2D eigenvalue weighted by molar-refractivity contribution is 7.99. The summed E-state index contributed by atoms with van der Waals surface area (Å²) < 4.78 is 0. The Morgan fingerprint density at radius 3 is 1.67 bits per heavy atom. The zero-order chi connectivity index (χ0) is 19.9. The quantitative estimate of drug-likeness (QED) is 0.836. The molecule has 7 nitrogen and oxygen atoms in total. The van der Waals surface area contributed by atoms with E-state index in [0.29, 0.717) is 16.3 Å². The number of hydrogen-bond acceptors (Lipinski definition) is 5. The zero-order valence-electron chi connectivity index (χ0n) is 15.9. The molecule has 0 radical (unpaired) electrons. The van der Waals surface area contributed by atoms with Gasteiger partial charge < -0.3 is 14.9 Å². The van der Waals surface area contributed by atoms with Gasteiger partial charge in [-0.3, -0.25) is 4.90 Å². The number of imide groups is 1. The number of nitrogens with zero attached hydrogens (tertiary/aromatic N) is 4. The Morgan fingerprint density at radius 2 is 1.30 bits per heavy atom. The van der Waals surface area contributed by atoms with Gasteiger partial charge in [-0.2, -0.15) is 0 Å². The molecule has 0 fully saturated rings. The fraction of sp³-hybridized carbons (Fsp3) is 0.263. The number of urea groups is 1. The second kappa shape index (κ2) is 7.03. The van der Waals surface area contributed by atoms with E-state index in [-0.39, 0.29) is 0 Å². The molecule has 0 saturated carbocycles. The third-order valence-electron chi connectivity index (χ3n) is 4.39. The molecule has 27 heavy (non-hydrogen) atoms. The Kier molecular flexibility index (Phi) is 4.93. The van der Waals surface area contributed by atoms with E-state index in [1.165, 1.54) is 11.9 Å². The average molecular weight is 386 g/mol. The molecule has 8 heteroatoms. The molecule has 2 aromatic carbocycles. The molecule has 3 amide bonds. The number of carbonyl (C=O) groups is 2. The predicted molar refractivity (Wildman–Crippen MR) is 109 cm³/mol. The van der Waals surface area contributed by atoms with Gasteiger partial charge in [-0.25, -0.2) is 14.5 Å². The SMILES string of the molecule is CN(C(=O)O)C(=O)N1c2ccc(N(C)C)cc2Sc2cc(N(C)C)ccc21. The Labute approximate surface area is 162 Å². The zero-order valence-corrected chi connectivity index (χ0v) is 16.7. The van der Waals surface area contributed by atoms with E-state index in [0.717, 1.165) is 21.2 Å². The maximum Gasteiger partial charge on any atom is 0.415 e. The fourth-order valence-corrected chi connectivity index (χ4v) is 3.91. The van der Waals surface area contributed by atoms with Gasteiger partial charge in [-0.15, -0.1) is 0 Å². The van der Waals surface area contributed by atoms with Crippen molar-refractivity contribution in [1.82, 2.24) is 4.90 Å². The Bertz CT molecular complexity index is 856. The normalized spacial score (nSPS) is 12.1. The molecule has 0 bridgehead atoms. The number of carboxylic acid groups (broad SMARTS) is 1. The van der Waals surface area contributed by atoms with E-state index in [4.69, 9.17) is 0 Å². The van der Waals surface area contributed by atoms with Crippen molar-refractivity contribution >= 4 is 46.6 Å². The van der Waals surface area contributed by atoms with Crippen LogP contribution in [0.3, 0.4) is 0 Å². The summed E-state index contributed by atoms with van der Waals surface area (Å²) in [7, 11) is 9.07. The summed E-state index contributed by atoms with van der Waals surface area (Å²) in [6, 6.07) is 10.9. The first-order valence-electron chi connectivity index (χ1n) is 8.32. The molecular weight excluding hydrogens is 364 g/mol. The highest BCUT2D eigenvalue weighted by Crippen LogP contribution is 2.50. The Balaban J connectivity index is 2.17. The largest absolute Gasteiger partial charge is 0.465 e. The minimum atomic E-state index is -1.30. The molecule has 0 spiro atoms. The maximum atomic E-state index is 12.9. The van der Waals surface area contributed by atoms with Crippen LogP contribution in [0.1, 0.15) is 0 Å². The van der Waals surface area contributed by atoms with Crippen molar-refractivity contribution in [3.05, 3.63) is 36.4 Å². The number of benzene rings is 2. The minimum absolute atomic E-state index is 0.611. The van der Waals surface area contributed by atoms with Crippen LogP contribution in [0.4, 0.5) is 32.3 Å². The molecule has 0 aromatic heterocycles. The summed E-state index contributed by atoms with van der Waals surface area (Å²) in [4.78, 5) is 32.2. The third kappa shape index (κ3) is 3.40. The van der Waals surface area contributed by atoms with Gasteiger partial charge in [-0.1, -0.05) is 11.8 Å². The van der Waals surface area contributed by atoms with Gasteiger partial charge in [0.15, 0.2) is 0 Å². The first-order valence-corrected chi connectivity index (χ1v) is 9.13. The minimum Gasteiger partial charge on any atom is -0.465 e. The van der Waals surface area contributed by atoms with E-state index in [2.05, 4.69) is 0 Å². The number of fused-ring (bicyclic) bond motifs is 2. The summed E-state index contributed by atoms with van der Waals surface area (Å²) in [6.45, 7) is 0. The summed E-state index contributed by atoms with van der Waals surface area (Å²) in [5, 5.41) is 9.27. The molecule has 3 rings (SSSR count). The lowest BCUT2D eigenvalue weighted by Crippen LogP contribution is -2.42. The van der Waals surface area contributed by atoms with Gasteiger partial charge >= 0.3 is 12.1 Å². The lowest BCUT2D eigenvalue weighted by molar-refractivity contribution is 0.159. The molecule has 2 aromatic rings. The highest BCUT2D eigenvalue weighted by Gasteiger charge is 2.32. The number of hydrogen-bond donors (Lipinski definition) is 1. The van der Waals surface area contributed by atoms with Crippen molar-refractivity contribution < 1.29 is 14.7 Å². The van der Waals surface area contributed by atoms with Crippen LogP contribution < -0.4 is 14.7 Å². The lowest BCUT2D eigenvalue weighted by atomic mass is 10.2. The molecule has 0 unspecified atom stereocenters. The van der Waals surface area contributed by atoms with Crippen LogP contribution in [0.2, 0.25) is 0 Å². The van der Waals surface area contributed by atoms with E-state index >= 15 is 0 Å². The van der Waals surface area contributed by atoms with Crippen molar-refractivity contribution in [2.24, 2.45) is 0 Å². The van der Waals surface area contributed by atoms with Crippen molar-refractivity contribution in [2.45, 2.75) is 9.79 Å². The van der Waals surface area contributed by atoms with Crippen molar-refractivity contribution in [1.29, 1.82) is 0 Å². The standard InChI is InChI=1S/C19H22N4O3S/c1-20(2)12-6-8-14-16(10-12)27-17-11-13(21(3)4)7-9-15(17)23(14)18(24)22(5)19(25)26/h6-11H,1-5H3,(H,25,26). The molecule has 1 aliphatic heterocycles. The fourth-order valence-electron chi connectivity index (χ4n) is 2.78. The van der Waals surface area contributed by atoms with E-state index in [1.54, 1.807) is 11.8 Å². The first kappa shape index (κ1) is 18.9. The van der Waals surface area contributed by atoms with E-state index < -0.39 is 12.1 Å². The second-order valence-corrected chi connectivity index (χ2v) is 7.74. The van der Waals surface area contributed by atoms with Crippen molar-refractivity contribution in [3.63, 3.8) is 0 Å². The van der Waals surface area contributed by atoms with Gasteiger partial charge in [0, 0.05) is 56.4 Å². The van der Waals surface area contributed by atoms with Crippen LogP contribution in [-0.2, 0) is 0 Å². The van der Waals surface area contributed by atoms with E-state index in [1.807, 2.05) is 74.4 Å². The Hall–Kier alpha value is -2.87. The number of rotatable bonds is 2. The summed E-state index contributed by atoms with van der Waals surface area (Å²) in [6.07, 6.45) is -1.30. The van der Waals surface area contributed by atoms with Gasteiger partial charge in [0.25, 0.3) is 0 Å². The number of carbonyl (C=O) groups excluding carboxylic acids is 1. The average Bonchev–Trinajstić information content (AvgIpc) is 2.63. The van der Waals surface area contributed by atoms with Gasteiger partial charge in [0.05, 0.1) is 11.4 Å². The molecule has 1 heterocycles. The summed E-state index contributed by atoms with van der Waals surface area (Å²) in [5.41, 5.74) is 3.36. The van der Waals surface area contributed by atoms with Crippen LogP contribution in [0.15, 0.2) is 46.2 Å². The monoisotopic (exact) mass is 386 g/mol. The summed E-state index contributed by atoms with van der Waals surface area (Å²) in [5.74, 6) is 0. The molecule has 0 atom stereocenters. The van der Waals surface area contributed by atoms with E-state index in [9.17, 15) is 14.7 Å². The van der Waals surface area contributed by atoms with Crippen LogP contribution in [0, 0.1) is 0 Å². The Morgan fingerprint density at radius 1 is 0.852 bits per heavy atom. The summed E-state index contributed by atoms with van der Waals surface area (Å²) >= 11 is 1.57. The van der Waals surface area contributed by atoms with Gasteiger partial charge in [0.1, 0.15) is 0 Å². The molecule has 142 valence electrons. The number of amides is 3. The van der Waals surface area contributed by atoms with Crippen molar-refractivity contribution in [3.8, 4) is 0 Å². The lowest BCUT2D eigenvalue weighted by Gasteiger charge is -2.33. The van der Waals surface area contributed by atoms with Crippen LogP contribution in [0.25, 0.3) is 0 Å². The van der Waals surface area contributed by atoms with Crippen LogP contribution in [-0.4, -0.2) is 57.4 Å². The smallest absolute Gasteiger partial charge is 0.415 e.